The average molecular weight is 300 g/mol. The number of piperidine rings is 1. The van der Waals surface area contributed by atoms with Crippen molar-refractivity contribution in [2.45, 2.75) is 26.2 Å². The van der Waals surface area contributed by atoms with Crippen LogP contribution in [-0.2, 0) is 21.2 Å². The number of amides is 1. The maximum atomic E-state index is 12.2. The van der Waals surface area contributed by atoms with Crippen LogP contribution in [0.2, 0.25) is 0 Å². The van der Waals surface area contributed by atoms with E-state index in [1.54, 1.807) is 6.20 Å². The molecular weight excluding hydrogens is 280 g/mol. The Morgan fingerprint density at radius 3 is 3.00 bits per heavy atom. The highest BCUT2D eigenvalue weighted by Gasteiger charge is 2.30. The minimum absolute atomic E-state index is 0.155. The number of carbonyl (C=O) groups is 1. The molecule has 0 bridgehead atoms. The predicted molar refractivity (Wildman–Crippen MR) is 75.7 cm³/mol. The van der Waals surface area contributed by atoms with Gasteiger partial charge < -0.3 is 5.32 Å². The first-order valence-corrected chi connectivity index (χ1v) is 8.55. The first-order chi connectivity index (χ1) is 9.41. The van der Waals surface area contributed by atoms with Gasteiger partial charge in [-0.25, -0.2) is 12.7 Å². The Labute approximate surface area is 118 Å². The van der Waals surface area contributed by atoms with Gasteiger partial charge in [-0.15, -0.1) is 0 Å². The van der Waals surface area contributed by atoms with Crippen LogP contribution < -0.4 is 5.32 Å². The predicted octanol–water partition coefficient (Wildman–Crippen LogP) is 0.582. The second-order valence-electron chi connectivity index (χ2n) is 5.07. The molecule has 1 aromatic rings. The van der Waals surface area contributed by atoms with E-state index in [9.17, 15) is 13.2 Å². The number of anilines is 1. The molecule has 7 nitrogen and oxygen atoms in total. The van der Waals surface area contributed by atoms with E-state index in [1.807, 2.05) is 6.92 Å². The SMILES string of the molecule is CCc1cn[nH]c1NC(=O)C1CCCN(S(C)(=O)=O)C1. The smallest absolute Gasteiger partial charge is 0.229 e. The maximum Gasteiger partial charge on any atom is 0.229 e. The highest BCUT2D eigenvalue weighted by atomic mass is 32.2. The number of H-pyrrole nitrogens is 1. The molecule has 1 atom stereocenters. The van der Waals surface area contributed by atoms with Crippen LogP contribution in [0.4, 0.5) is 5.82 Å². The molecule has 1 fully saturated rings. The summed E-state index contributed by atoms with van der Waals surface area (Å²) < 4.78 is 24.5. The number of aromatic amines is 1. The summed E-state index contributed by atoms with van der Waals surface area (Å²) in [7, 11) is -3.23. The minimum Gasteiger partial charge on any atom is -0.311 e. The Morgan fingerprint density at radius 1 is 1.60 bits per heavy atom. The average Bonchev–Trinajstić information content (AvgIpc) is 2.85. The van der Waals surface area contributed by atoms with Gasteiger partial charge in [0.05, 0.1) is 18.4 Å². The summed E-state index contributed by atoms with van der Waals surface area (Å²) in [5, 5.41) is 9.46. The third kappa shape index (κ3) is 3.37. The van der Waals surface area contributed by atoms with Crippen molar-refractivity contribution in [3.05, 3.63) is 11.8 Å². The molecule has 1 aliphatic rings. The summed E-state index contributed by atoms with van der Waals surface area (Å²) >= 11 is 0. The van der Waals surface area contributed by atoms with E-state index in [-0.39, 0.29) is 18.4 Å². The number of aromatic nitrogens is 2. The summed E-state index contributed by atoms with van der Waals surface area (Å²) in [6.45, 7) is 2.72. The molecule has 1 unspecified atom stereocenters. The molecule has 0 spiro atoms. The molecule has 0 aromatic carbocycles. The van der Waals surface area contributed by atoms with E-state index in [1.165, 1.54) is 10.6 Å². The van der Waals surface area contributed by atoms with Crippen molar-refractivity contribution in [3.8, 4) is 0 Å². The normalized spacial score (nSPS) is 20.8. The van der Waals surface area contributed by atoms with E-state index < -0.39 is 10.0 Å². The molecule has 0 saturated carbocycles. The quantitative estimate of drug-likeness (QED) is 0.850. The van der Waals surface area contributed by atoms with Gasteiger partial charge in [0, 0.05) is 18.7 Å². The summed E-state index contributed by atoms with van der Waals surface area (Å²) in [6.07, 6.45) is 5.03. The summed E-state index contributed by atoms with van der Waals surface area (Å²) in [5.41, 5.74) is 0.939. The van der Waals surface area contributed by atoms with Gasteiger partial charge in [-0.05, 0) is 19.3 Å². The summed E-state index contributed by atoms with van der Waals surface area (Å²) in [4.78, 5) is 12.2. The second kappa shape index (κ2) is 5.92. The molecule has 8 heteroatoms. The molecule has 2 rings (SSSR count). The van der Waals surface area contributed by atoms with Crippen molar-refractivity contribution < 1.29 is 13.2 Å². The van der Waals surface area contributed by atoms with Crippen LogP contribution in [0.5, 0.6) is 0 Å². The number of rotatable bonds is 4. The van der Waals surface area contributed by atoms with Crippen molar-refractivity contribution in [1.82, 2.24) is 14.5 Å². The zero-order valence-corrected chi connectivity index (χ0v) is 12.5. The molecule has 2 heterocycles. The highest BCUT2D eigenvalue weighted by Crippen LogP contribution is 2.21. The van der Waals surface area contributed by atoms with Gasteiger partial charge in [0.1, 0.15) is 5.82 Å². The second-order valence-corrected chi connectivity index (χ2v) is 7.06. The molecule has 0 aliphatic carbocycles. The molecular formula is C12H20N4O3S. The van der Waals surface area contributed by atoms with Gasteiger partial charge in [-0.2, -0.15) is 5.10 Å². The molecule has 112 valence electrons. The third-order valence-corrected chi connectivity index (χ3v) is 4.84. The third-order valence-electron chi connectivity index (χ3n) is 3.57. The van der Waals surface area contributed by atoms with Gasteiger partial charge in [-0.3, -0.25) is 9.89 Å². The Morgan fingerprint density at radius 2 is 2.35 bits per heavy atom. The number of sulfonamides is 1. The number of nitrogens with one attached hydrogen (secondary N) is 2. The van der Waals surface area contributed by atoms with Crippen molar-refractivity contribution in [1.29, 1.82) is 0 Å². The van der Waals surface area contributed by atoms with Crippen LogP contribution in [0, 0.1) is 5.92 Å². The Kier molecular flexibility index (Phi) is 4.44. The van der Waals surface area contributed by atoms with Crippen LogP contribution in [-0.4, -0.2) is 48.2 Å². The van der Waals surface area contributed by atoms with E-state index in [0.29, 0.717) is 25.2 Å². The van der Waals surface area contributed by atoms with Crippen LogP contribution >= 0.6 is 0 Å². The lowest BCUT2D eigenvalue weighted by atomic mass is 9.99. The van der Waals surface area contributed by atoms with Gasteiger partial charge in [-0.1, -0.05) is 6.92 Å². The van der Waals surface area contributed by atoms with Crippen molar-refractivity contribution in [3.63, 3.8) is 0 Å². The van der Waals surface area contributed by atoms with E-state index >= 15 is 0 Å². The molecule has 0 radical (unpaired) electrons. The van der Waals surface area contributed by atoms with E-state index in [4.69, 9.17) is 0 Å². The zero-order chi connectivity index (χ0) is 14.8. The maximum absolute atomic E-state index is 12.2. The lowest BCUT2D eigenvalue weighted by Crippen LogP contribution is -2.43. The molecule has 1 aliphatic heterocycles. The van der Waals surface area contributed by atoms with Crippen molar-refractivity contribution in [2.24, 2.45) is 5.92 Å². The fourth-order valence-electron chi connectivity index (χ4n) is 2.37. The first-order valence-electron chi connectivity index (χ1n) is 6.70. The lowest BCUT2D eigenvalue weighted by molar-refractivity contribution is -0.120. The van der Waals surface area contributed by atoms with Gasteiger partial charge in [0.15, 0.2) is 0 Å². The van der Waals surface area contributed by atoms with Gasteiger partial charge >= 0.3 is 0 Å². The standard InChI is InChI=1S/C12H20N4O3S/c1-3-9-7-13-15-11(9)14-12(17)10-5-4-6-16(8-10)20(2,18)19/h7,10H,3-6,8H2,1-2H3,(H2,13,14,15,17). The highest BCUT2D eigenvalue weighted by molar-refractivity contribution is 7.88. The fourth-order valence-corrected chi connectivity index (χ4v) is 3.28. The Balaban J connectivity index is 2.02. The Bertz CT molecular complexity index is 581. The molecule has 1 aromatic heterocycles. The lowest BCUT2D eigenvalue weighted by Gasteiger charge is -2.30. The van der Waals surface area contributed by atoms with Crippen LogP contribution in [0.1, 0.15) is 25.3 Å². The molecule has 1 saturated heterocycles. The first kappa shape index (κ1) is 15.0. The van der Waals surface area contributed by atoms with E-state index in [0.717, 1.165) is 12.0 Å². The van der Waals surface area contributed by atoms with E-state index in [2.05, 4.69) is 15.5 Å². The number of aryl methyl sites for hydroxylation is 1. The number of carbonyl (C=O) groups excluding carboxylic acids is 1. The Hall–Kier alpha value is -1.41. The number of hydrogen-bond acceptors (Lipinski definition) is 4. The van der Waals surface area contributed by atoms with Crippen LogP contribution in [0.3, 0.4) is 0 Å². The zero-order valence-electron chi connectivity index (χ0n) is 11.7. The van der Waals surface area contributed by atoms with Crippen molar-refractivity contribution in [2.75, 3.05) is 24.7 Å². The van der Waals surface area contributed by atoms with Gasteiger partial charge in [0.2, 0.25) is 15.9 Å². The minimum atomic E-state index is -3.23. The van der Waals surface area contributed by atoms with Crippen LogP contribution in [0.15, 0.2) is 6.20 Å². The summed E-state index contributed by atoms with van der Waals surface area (Å²) in [6, 6.07) is 0. The van der Waals surface area contributed by atoms with Crippen LogP contribution in [0.25, 0.3) is 0 Å². The molecule has 2 N–H and O–H groups in total. The fraction of sp³-hybridized carbons (Fsp3) is 0.667. The monoisotopic (exact) mass is 300 g/mol. The largest absolute Gasteiger partial charge is 0.311 e. The molecule has 1 amide bonds. The topological polar surface area (TPSA) is 95.2 Å². The number of hydrogen-bond donors (Lipinski definition) is 2. The van der Waals surface area contributed by atoms with Crippen molar-refractivity contribution >= 4 is 21.7 Å². The molecule has 20 heavy (non-hydrogen) atoms. The number of nitrogens with zero attached hydrogens (tertiary/aromatic N) is 2. The summed E-state index contributed by atoms with van der Waals surface area (Å²) in [5.74, 6) is 0.137. The van der Waals surface area contributed by atoms with Gasteiger partial charge in [0.25, 0.3) is 0 Å².